The van der Waals surface area contributed by atoms with Gasteiger partial charge in [0.25, 0.3) is 0 Å². The van der Waals surface area contributed by atoms with Crippen LogP contribution in [0.1, 0.15) is 17.4 Å². The minimum atomic E-state index is -0.753. The van der Waals surface area contributed by atoms with E-state index in [1.807, 2.05) is 68.2 Å². The fourth-order valence-corrected chi connectivity index (χ4v) is 3.37. The lowest BCUT2D eigenvalue weighted by Gasteiger charge is -2.07. The van der Waals surface area contributed by atoms with Crippen molar-refractivity contribution in [1.82, 2.24) is 29.9 Å². The molecule has 0 bridgehead atoms. The zero-order valence-electron chi connectivity index (χ0n) is 15.2. The van der Waals surface area contributed by atoms with Crippen molar-refractivity contribution in [2.24, 2.45) is 7.05 Å². The number of H-pyrrole nitrogens is 2. The highest BCUT2D eigenvalue weighted by atomic mass is 16.3. The molecule has 28 heavy (non-hydrogen) atoms. The summed E-state index contributed by atoms with van der Waals surface area (Å²) in [4.78, 5) is 7.71. The minimum absolute atomic E-state index is 0.645. The second-order valence-corrected chi connectivity index (χ2v) is 6.75. The van der Waals surface area contributed by atoms with Gasteiger partial charge < -0.3 is 10.1 Å². The van der Waals surface area contributed by atoms with E-state index in [1.54, 1.807) is 4.68 Å². The van der Waals surface area contributed by atoms with Gasteiger partial charge in [-0.2, -0.15) is 10.2 Å². The monoisotopic (exact) mass is 370 g/mol. The SMILES string of the molecule is Cn1cc(-c2cnc3[nH]cc(-c4cc(C(O)c5ccccc5)[nH]n4)c3c2)cn1. The normalized spacial score (nSPS) is 12.5. The van der Waals surface area contributed by atoms with Crippen LogP contribution < -0.4 is 0 Å². The number of aliphatic hydroxyl groups excluding tert-OH is 1. The van der Waals surface area contributed by atoms with Crippen molar-refractivity contribution in [3.8, 4) is 22.4 Å². The van der Waals surface area contributed by atoms with Gasteiger partial charge in [0.15, 0.2) is 0 Å². The molecule has 0 aliphatic carbocycles. The van der Waals surface area contributed by atoms with Crippen LogP contribution >= 0.6 is 0 Å². The lowest BCUT2D eigenvalue weighted by Crippen LogP contribution is -1.99. The van der Waals surface area contributed by atoms with Gasteiger partial charge in [-0.1, -0.05) is 30.3 Å². The number of hydrogen-bond acceptors (Lipinski definition) is 4. The molecule has 5 aromatic rings. The average molecular weight is 370 g/mol. The Kier molecular flexibility index (Phi) is 3.80. The topological polar surface area (TPSA) is 95.4 Å². The summed E-state index contributed by atoms with van der Waals surface area (Å²) in [5, 5.41) is 23.2. The number of benzene rings is 1. The van der Waals surface area contributed by atoms with Gasteiger partial charge in [0.05, 0.1) is 17.6 Å². The summed E-state index contributed by atoms with van der Waals surface area (Å²) < 4.78 is 1.77. The summed E-state index contributed by atoms with van der Waals surface area (Å²) in [6.45, 7) is 0. The zero-order valence-corrected chi connectivity index (χ0v) is 15.2. The van der Waals surface area contributed by atoms with Crippen LogP contribution in [0.2, 0.25) is 0 Å². The minimum Gasteiger partial charge on any atom is -0.382 e. The number of fused-ring (bicyclic) bond motifs is 1. The number of hydrogen-bond donors (Lipinski definition) is 3. The number of aromatic amines is 2. The molecule has 1 unspecified atom stereocenters. The van der Waals surface area contributed by atoms with E-state index in [1.165, 1.54) is 0 Å². The van der Waals surface area contributed by atoms with Crippen molar-refractivity contribution in [1.29, 1.82) is 0 Å². The summed E-state index contributed by atoms with van der Waals surface area (Å²) in [5.41, 5.74) is 5.92. The summed E-state index contributed by atoms with van der Waals surface area (Å²) in [6.07, 6.45) is 6.74. The number of aliphatic hydroxyl groups is 1. The lowest BCUT2D eigenvalue weighted by molar-refractivity contribution is 0.215. The Morgan fingerprint density at radius 2 is 1.93 bits per heavy atom. The van der Waals surface area contributed by atoms with Crippen LogP contribution in [0.25, 0.3) is 33.4 Å². The molecule has 3 N–H and O–H groups in total. The first kappa shape index (κ1) is 16.5. The van der Waals surface area contributed by atoms with Gasteiger partial charge in [-0.3, -0.25) is 9.78 Å². The van der Waals surface area contributed by atoms with E-state index in [2.05, 4.69) is 31.3 Å². The Bertz CT molecular complexity index is 1250. The molecule has 5 rings (SSSR count). The average Bonchev–Trinajstić information content (AvgIpc) is 3.46. The Morgan fingerprint density at radius 3 is 2.71 bits per heavy atom. The van der Waals surface area contributed by atoms with Crippen molar-refractivity contribution in [2.75, 3.05) is 0 Å². The fourth-order valence-electron chi connectivity index (χ4n) is 3.37. The van der Waals surface area contributed by atoms with Gasteiger partial charge in [-0.25, -0.2) is 4.98 Å². The first-order chi connectivity index (χ1) is 13.7. The van der Waals surface area contributed by atoms with Crippen LogP contribution in [-0.2, 0) is 7.05 Å². The van der Waals surface area contributed by atoms with Crippen molar-refractivity contribution in [3.63, 3.8) is 0 Å². The highest BCUT2D eigenvalue weighted by Crippen LogP contribution is 2.31. The molecule has 0 aliphatic rings. The van der Waals surface area contributed by atoms with Crippen molar-refractivity contribution >= 4 is 11.0 Å². The molecular formula is C21H18N6O. The van der Waals surface area contributed by atoms with E-state index in [0.29, 0.717) is 5.69 Å². The Balaban J connectivity index is 1.54. The zero-order chi connectivity index (χ0) is 19.1. The third-order valence-electron chi connectivity index (χ3n) is 4.85. The van der Waals surface area contributed by atoms with Crippen molar-refractivity contribution in [3.05, 3.63) is 78.5 Å². The molecule has 7 nitrogen and oxygen atoms in total. The van der Waals surface area contributed by atoms with Crippen LogP contribution in [0.4, 0.5) is 0 Å². The third-order valence-corrected chi connectivity index (χ3v) is 4.85. The van der Waals surface area contributed by atoms with E-state index < -0.39 is 6.10 Å². The summed E-state index contributed by atoms with van der Waals surface area (Å²) >= 11 is 0. The van der Waals surface area contributed by atoms with E-state index >= 15 is 0 Å². The maximum Gasteiger partial charge on any atom is 0.137 e. The predicted molar refractivity (Wildman–Crippen MR) is 106 cm³/mol. The molecule has 0 radical (unpaired) electrons. The van der Waals surface area contributed by atoms with Crippen LogP contribution in [-0.4, -0.2) is 35.1 Å². The molecule has 0 aliphatic heterocycles. The van der Waals surface area contributed by atoms with Gasteiger partial charge in [-0.05, 0) is 17.7 Å². The van der Waals surface area contributed by atoms with Gasteiger partial charge in [0.1, 0.15) is 11.8 Å². The second-order valence-electron chi connectivity index (χ2n) is 6.75. The molecule has 0 fully saturated rings. The molecule has 0 amide bonds. The highest BCUT2D eigenvalue weighted by Gasteiger charge is 2.16. The Labute approximate surface area is 160 Å². The maximum atomic E-state index is 10.6. The number of pyridine rings is 1. The van der Waals surface area contributed by atoms with Gasteiger partial charge in [0.2, 0.25) is 0 Å². The number of aryl methyl sites for hydroxylation is 1. The van der Waals surface area contributed by atoms with Crippen molar-refractivity contribution < 1.29 is 5.11 Å². The smallest absolute Gasteiger partial charge is 0.137 e. The largest absolute Gasteiger partial charge is 0.382 e. The molecule has 4 aromatic heterocycles. The van der Waals surface area contributed by atoms with Crippen LogP contribution in [0.3, 0.4) is 0 Å². The van der Waals surface area contributed by atoms with E-state index in [4.69, 9.17) is 0 Å². The summed E-state index contributed by atoms with van der Waals surface area (Å²) in [7, 11) is 1.89. The number of aromatic nitrogens is 6. The first-order valence-electron chi connectivity index (χ1n) is 8.94. The molecule has 0 saturated carbocycles. The molecular weight excluding hydrogens is 352 g/mol. The fraction of sp³-hybridized carbons (Fsp3) is 0.0952. The second kappa shape index (κ2) is 6.47. The van der Waals surface area contributed by atoms with E-state index in [-0.39, 0.29) is 0 Å². The van der Waals surface area contributed by atoms with Gasteiger partial charge >= 0.3 is 0 Å². The Morgan fingerprint density at radius 1 is 1.07 bits per heavy atom. The van der Waals surface area contributed by atoms with Crippen LogP contribution in [0, 0.1) is 0 Å². The Hall–Kier alpha value is -3.71. The predicted octanol–water partition coefficient (Wildman–Crippen LogP) is 3.44. The van der Waals surface area contributed by atoms with Crippen molar-refractivity contribution in [2.45, 2.75) is 6.10 Å². The number of nitrogens with one attached hydrogen (secondary N) is 2. The van der Waals surface area contributed by atoms with Crippen LogP contribution in [0.15, 0.2) is 67.3 Å². The summed E-state index contributed by atoms with van der Waals surface area (Å²) in [5.74, 6) is 0. The molecule has 138 valence electrons. The number of nitrogens with zero attached hydrogens (tertiary/aromatic N) is 4. The molecule has 1 aromatic carbocycles. The standard InChI is InChI=1S/C21H18N6O/c1-27-12-15(10-24-27)14-7-16-17(11-23-21(16)22-9-14)18-8-19(26-25-18)20(28)13-5-3-2-4-6-13/h2-12,20,28H,1H3,(H,22,23)(H,25,26). The molecule has 1 atom stereocenters. The van der Waals surface area contributed by atoms with Gasteiger partial charge in [0, 0.05) is 47.7 Å². The van der Waals surface area contributed by atoms with Crippen LogP contribution in [0.5, 0.6) is 0 Å². The maximum absolute atomic E-state index is 10.6. The van der Waals surface area contributed by atoms with E-state index in [0.717, 1.165) is 39.0 Å². The van der Waals surface area contributed by atoms with Gasteiger partial charge in [-0.15, -0.1) is 0 Å². The highest BCUT2D eigenvalue weighted by molar-refractivity contribution is 5.94. The lowest BCUT2D eigenvalue weighted by atomic mass is 10.0. The quantitative estimate of drug-likeness (QED) is 0.452. The first-order valence-corrected chi connectivity index (χ1v) is 8.94. The molecule has 0 spiro atoms. The molecule has 4 heterocycles. The third kappa shape index (κ3) is 2.78. The molecule has 7 heteroatoms. The molecule has 0 saturated heterocycles. The summed E-state index contributed by atoms with van der Waals surface area (Å²) in [6, 6.07) is 13.5. The number of rotatable bonds is 4. The van der Waals surface area contributed by atoms with E-state index in [9.17, 15) is 5.11 Å².